The lowest BCUT2D eigenvalue weighted by atomic mass is 9.79. The van der Waals surface area contributed by atoms with Crippen molar-refractivity contribution in [1.82, 2.24) is 0 Å². The molecule has 0 unspecified atom stereocenters. The molecule has 1 spiro atoms. The Morgan fingerprint density at radius 3 is 2.32 bits per heavy atom. The number of nitrogens with two attached hydrogens (primary N) is 1. The number of benzene rings is 1. The summed E-state index contributed by atoms with van der Waals surface area (Å²) in [7, 11) is 0. The van der Waals surface area contributed by atoms with Gasteiger partial charge in [0.05, 0.1) is 13.2 Å². The molecule has 0 atom stereocenters. The Bertz CT molecular complexity index is 468. The highest BCUT2D eigenvalue weighted by molar-refractivity contribution is 5.52. The van der Waals surface area contributed by atoms with Crippen LogP contribution < -0.4 is 5.73 Å². The normalized spacial score (nSPS) is 23.1. The lowest BCUT2D eigenvalue weighted by molar-refractivity contribution is -0.178. The van der Waals surface area contributed by atoms with E-state index in [9.17, 15) is 0 Å². The molecule has 2 fully saturated rings. The van der Waals surface area contributed by atoms with E-state index < -0.39 is 0 Å². The lowest BCUT2D eigenvalue weighted by Gasteiger charge is -2.36. The molecule has 1 aromatic carbocycles. The van der Waals surface area contributed by atoms with Crippen molar-refractivity contribution in [3.05, 3.63) is 28.8 Å². The maximum atomic E-state index is 5.97. The Kier molecular flexibility index (Phi) is 3.27. The summed E-state index contributed by atoms with van der Waals surface area (Å²) in [6, 6.07) is 4.38. The molecule has 2 aliphatic rings. The number of aryl methyl sites for hydroxylation is 2. The van der Waals surface area contributed by atoms with E-state index in [-0.39, 0.29) is 5.79 Å². The zero-order chi connectivity index (χ0) is 13.5. The van der Waals surface area contributed by atoms with Gasteiger partial charge in [0, 0.05) is 18.5 Å². The molecule has 104 valence electrons. The van der Waals surface area contributed by atoms with Gasteiger partial charge < -0.3 is 15.2 Å². The van der Waals surface area contributed by atoms with Crippen LogP contribution in [0.15, 0.2) is 12.1 Å². The number of anilines is 1. The second kappa shape index (κ2) is 4.80. The number of ether oxygens (including phenoxy) is 2. The van der Waals surface area contributed by atoms with Gasteiger partial charge in [-0.1, -0.05) is 6.07 Å². The summed E-state index contributed by atoms with van der Waals surface area (Å²) in [5.74, 6) is 0.366. The predicted octanol–water partition coefficient (Wildman–Crippen LogP) is 3.29. The Morgan fingerprint density at radius 2 is 1.68 bits per heavy atom. The highest BCUT2D eigenvalue weighted by atomic mass is 16.7. The minimum absolute atomic E-state index is 0.257. The van der Waals surface area contributed by atoms with Crippen molar-refractivity contribution >= 4 is 5.69 Å². The van der Waals surface area contributed by atoms with Crippen molar-refractivity contribution in [2.45, 2.75) is 51.2 Å². The minimum atomic E-state index is -0.257. The van der Waals surface area contributed by atoms with Crippen LogP contribution in [0.2, 0.25) is 0 Å². The summed E-state index contributed by atoms with van der Waals surface area (Å²) in [6.45, 7) is 5.76. The van der Waals surface area contributed by atoms with Gasteiger partial charge in [0.2, 0.25) is 0 Å². The first-order valence-corrected chi connectivity index (χ1v) is 7.24. The van der Waals surface area contributed by atoms with Gasteiger partial charge in [-0.25, -0.2) is 0 Å². The van der Waals surface area contributed by atoms with Crippen molar-refractivity contribution in [3.63, 3.8) is 0 Å². The fourth-order valence-electron chi connectivity index (χ4n) is 3.45. The third kappa shape index (κ3) is 2.37. The molecule has 0 bridgehead atoms. The summed E-state index contributed by atoms with van der Waals surface area (Å²) in [6.07, 6.45) is 4.31. The third-order valence-corrected chi connectivity index (χ3v) is 4.66. The van der Waals surface area contributed by atoms with Crippen LogP contribution in [0.4, 0.5) is 5.69 Å². The zero-order valence-corrected chi connectivity index (χ0v) is 11.9. The molecule has 1 saturated heterocycles. The molecule has 1 heterocycles. The van der Waals surface area contributed by atoms with Crippen molar-refractivity contribution < 1.29 is 9.47 Å². The van der Waals surface area contributed by atoms with Crippen LogP contribution in [0, 0.1) is 13.8 Å². The summed E-state index contributed by atoms with van der Waals surface area (Å²) in [5.41, 5.74) is 10.8. The van der Waals surface area contributed by atoms with E-state index in [0.717, 1.165) is 44.6 Å². The average Bonchev–Trinajstić information content (AvgIpc) is 2.84. The molecule has 1 aliphatic heterocycles. The Hall–Kier alpha value is -1.06. The van der Waals surface area contributed by atoms with Crippen LogP contribution in [0.1, 0.15) is 48.3 Å². The standard InChI is InChI=1S/C16H23NO2/c1-11-10-15(17)12(2)9-14(11)13-3-5-16(6-4-13)18-7-8-19-16/h9-10,13H,3-8,17H2,1-2H3. The van der Waals surface area contributed by atoms with Crippen LogP contribution in [-0.4, -0.2) is 19.0 Å². The number of hydrogen-bond donors (Lipinski definition) is 1. The SMILES string of the molecule is Cc1cc(C2CCC3(CC2)OCCO3)c(C)cc1N. The van der Waals surface area contributed by atoms with E-state index in [2.05, 4.69) is 26.0 Å². The van der Waals surface area contributed by atoms with Crippen molar-refractivity contribution in [1.29, 1.82) is 0 Å². The van der Waals surface area contributed by atoms with Gasteiger partial charge in [-0.3, -0.25) is 0 Å². The van der Waals surface area contributed by atoms with Gasteiger partial charge in [-0.15, -0.1) is 0 Å². The topological polar surface area (TPSA) is 44.5 Å². The van der Waals surface area contributed by atoms with Crippen molar-refractivity contribution in [2.75, 3.05) is 18.9 Å². The molecule has 3 heteroatoms. The third-order valence-electron chi connectivity index (χ3n) is 4.66. The predicted molar refractivity (Wildman–Crippen MR) is 76.2 cm³/mol. The van der Waals surface area contributed by atoms with E-state index in [1.54, 1.807) is 0 Å². The van der Waals surface area contributed by atoms with Gasteiger partial charge in [0.1, 0.15) is 0 Å². The molecule has 0 amide bonds. The minimum Gasteiger partial charge on any atom is -0.399 e. The molecular formula is C16H23NO2. The smallest absolute Gasteiger partial charge is 0.168 e. The lowest BCUT2D eigenvalue weighted by Crippen LogP contribution is -2.34. The molecule has 19 heavy (non-hydrogen) atoms. The van der Waals surface area contributed by atoms with Gasteiger partial charge in [-0.2, -0.15) is 0 Å². The second-order valence-corrected chi connectivity index (χ2v) is 5.95. The first-order valence-electron chi connectivity index (χ1n) is 7.24. The van der Waals surface area contributed by atoms with E-state index >= 15 is 0 Å². The van der Waals surface area contributed by atoms with Gasteiger partial charge in [0.15, 0.2) is 5.79 Å². The van der Waals surface area contributed by atoms with Crippen LogP contribution in [-0.2, 0) is 9.47 Å². The van der Waals surface area contributed by atoms with Crippen LogP contribution >= 0.6 is 0 Å². The van der Waals surface area contributed by atoms with Crippen LogP contribution in [0.3, 0.4) is 0 Å². The molecule has 0 radical (unpaired) electrons. The highest BCUT2D eigenvalue weighted by Gasteiger charge is 2.40. The average molecular weight is 261 g/mol. The molecule has 0 aromatic heterocycles. The summed E-state index contributed by atoms with van der Waals surface area (Å²) in [5, 5.41) is 0. The summed E-state index contributed by atoms with van der Waals surface area (Å²) >= 11 is 0. The Labute approximate surface area is 115 Å². The van der Waals surface area contributed by atoms with Gasteiger partial charge in [0.25, 0.3) is 0 Å². The van der Waals surface area contributed by atoms with Crippen LogP contribution in [0.25, 0.3) is 0 Å². The van der Waals surface area contributed by atoms with E-state index in [0.29, 0.717) is 5.92 Å². The fourth-order valence-corrected chi connectivity index (χ4v) is 3.45. The number of rotatable bonds is 1. The first kappa shape index (κ1) is 12.9. The Morgan fingerprint density at radius 1 is 1.05 bits per heavy atom. The Balaban J connectivity index is 1.76. The first-order chi connectivity index (χ1) is 9.10. The maximum Gasteiger partial charge on any atom is 0.168 e. The number of hydrogen-bond acceptors (Lipinski definition) is 3. The number of nitrogen functional groups attached to an aromatic ring is 1. The van der Waals surface area contributed by atoms with E-state index in [1.165, 1.54) is 16.7 Å². The second-order valence-electron chi connectivity index (χ2n) is 5.95. The van der Waals surface area contributed by atoms with E-state index in [1.807, 2.05) is 0 Å². The molecule has 3 rings (SSSR count). The van der Waals surface area contributed by atoms with Crippen molar-refractivity contribution in [3.8, 4) is 0 Å². The monoisotopic (exact) mass is 261 g/mol. The molecule has 1 aromatic rings. The van der Waals surface area contributed by atoms with E-state index in [4.69, 9.17) is 15.2 Å². The maximum absolute atomic E-state index is 5.97. The largest absolute Gasteiger partial charge is 0.399 e. The summed E-state index contributed by atoms with van der Waals surface area (Å²) < 4.78 is 11.6. The summed E-state index contributed by atoms with van der Waals surface area (Å²) in [4.78, 5) is 0. The van der Waals surface area contributed by atoms with Gasteiger partial charge in [-0.05, 0) is 55.4 Å². The molecule has 2 N–H and O–H groups in total. The molecule has 1 saturated carbocycles. The molecular weight excluding hydrogens is 238 g/mol. The fraction of sp³-hybridized carbons (Fsp3) is 0.625. The quantitative estimate of drug-likeness (QED) is 0.789. The molecule has 3 nitrogen and oxygen atoms in total. The van der Waals surface area contributed by atoms with Crippen molar-refractivity contribution in [2.24, 2.45) is 0 Å². The zero-order valence-electron chi connectivity index (χ0n) is 11.9. The molecule has 1 aliphatic carbocycles. The van der Waals surface area contributed by atoms with Gasteiger partial charge >= 0.3 is 0 Å². The highest BCUT2D eigenvalue weighted by Crippen LogP contribution is 2.43. The van der Waals surface area contributed by atoms with Crippen LogP contribution in [0.5, 0.6) is 0 Å².